The van der Waals surface area contributed by atoms with Crippen molar-refractivity contribution in [1.29, 1.82) is 0 Å². The maximum atomic E-state index is 6.29. The van der Waals surface area contributed by atoms with Gasteiger partial charge in [0.2, 0.25) is 5.28 Å². The molecule has 0 spiro atoms. The molecule has 3 aromatic carbocycles. The third kappa shape index (κ3) is 2.71. The highest BCUT2D eigenvalue weighted by molar-refractivity contribution is 6.28. The van der Waals surface area contributed by atoms with Gasteiger partial charge >= 0.3 is 0 Å². The zero-order valence-electron chi connectivity index (χ0n) is 15.6. The fraction of sp³-hybridized carbons (Fsp3) is 0. The Bertz CT molecular complexity index is 1570. The zero-order chi connectivity index (χ0) is 20.1. The lowest BCUT2D eigenvalue weighted by Gasteiger charge is -2.06. The molecule has 0 atom stereocenters. The van der Waals surface area contributed by atoms with Gasteiger partial charge in [-0.3, -0.25) is 4.98 Å². The number of benzene rings is 3. The molecule has 3 aromatic heterocycles. The Hall–Kier alpha value is -3.83. The SMILES string of the molecule is Clc1nc(-c2ccc3ccccc3c2)nc(-c2cccc3c2oc2cccnc23)n1. The molecule has 0 fully saturated rings. The molecule has 6 rings (SSSR count). The second kappa shape index (κ2) is 6.61. The minimum absolute atomic E-state index is 0.134. The van der Waals surface area contributed by atoms with E-state index in [-0.39, 0.29) is 5.28 Å². The lowest BCUT2D eigenvalue weighted by Crippen LogP contribution is -1.97. The van der Waals surface area contributed by atoms with Gasteiger partial charge in [0.1, 0.15) is 11.1 Å². The first-order chi connectivity index (χ1) is 14.8. The van der Waals surface area contributed by atoms with Crippen LogP contribution in [0.2, 0.25) is 5.28 Å². The molecule has 142 valence electrons. The predicted octanol–water partition coefficient (Wildman–Crippen LogP) is 6.31. The minimum atomic E-state index is 0.134. The molecule has 0 unspecified atom stereocenters. The van der Waals surface area contributed by atoms with Gasteiger partial charge in [0.25, 0.3) is 0 Å². The number of hydrogen-bond donors (Lipinski definition) is 0. The van der Waals surface area contributed by atoms with Crippen molar-refractivity contribution in [1.82, 2.24) is 19.9 Å². The van der Waals surface area contributed by atoms with Gasteiger partial charge in [-0.25, -0.2) is 4.98 Å². The number of para-hydroxylation sites is 1. The van der Waals surface area contributed by atoms with E-state index in [1.807, 2.05) is 54.6 Å². The summed E-state index contributed by atoms with van der Waals surface area (Å²) in [5, 5.41) is 3.31. The second-order valence-electron chi connectivity index (χ2n) is 6.95. The Balaban J connectivity index is 1.56. The second-order valence-corrected chi connectivity index (χ2v) is 7.29. The van der Waals surface area contributed by atoms with Gasteiger partial charge < -0.3 is 4.42 Å². The monoisotopic (exact) mass is 408 g/mol. The largest absolute Gasteiger partial charge is 0.454 e. The molecule has 0 N–H and O–H groups in total. The van der Waals surface area contributed by atoms with Crippen LogP contribution < -0.4 is 0 Å². The molecule has 0 saturated carbocycles. The molecular weight excluding hydrogens is 396 g/mol. The Kier molecular flexibility index (Phi) is 3.76. The molecule has 0 saturated heterocycles. The van der Waals surface area contributed by atoms with Crippen molar-refractivity contribution in [2.75, 3.05) is 0 Å². The number of halogens is 1. The number of furan rings is 1. The van der Waals surface area contributed by atoms with Crippen molar-refractivity contribution in [3.05, 3.63) is 84.3 Å². The molecule has 6 heteroatoms. The summed E-state index contributed by atoms with van der Waals surface area (Å²) in [5.74, 6) is 0.977. The van der Waals surface area contributed by atoms with Crippen LogP contribution in [-0.2, 0) is 0 Å². The lowest BCUT2D eigenvalue weighted by molar-refractivity contribution is 0.668. The predicted molar refractivity (Wildman–Crippen MR) is 118 cm³/mol. The molecule has 3 heterocycles. The molecule has 0 aliphatic heterocycles. The van der Waals surface area contributed by atoms with E-state index in [1.165, 1.54) is 0 Å². The Morgan fingerprint density at radius 1 is 0.733 bits per heavy atom. The highest BCUT2D eigenvalue weighted by Gasteiger charge is 2.16. The third-order valence-electron chi connectivity index (χ3n) is 5.11. The van der Waals surface area contributed by atoms with Crippen LogP contribution in [0.25, 0.3) is 55.6 Å². The van der Waals surface area contributed by atoms with Crippen LogP contribution in [0.15, 0.2) is 83.4 Å². The number of aromatic nitrogens is 4. The van der Waals surface area contributed by atoms with Crippen LogP contribution in [0.1, 0.15) is 0 Å². The zero-order valence-corrected chi connectivity index (χ0v) is 16.3. The normalized spacial score (nSPS) is 11.5. The minimum Gasteiger partial charge on any atom is -0.454 e. The van der Waals surface area contributed by atoms with E-state index in [1.54, 1.807) is 6.20 Å². The Morgan fingerprint density at radius 2 is 1.60 bits per heavy atom. The summed E-state index contributed by atoms with van der Waals surface area (Å²) in [6, 6.07) is 23.8. The van der Waals surface area contributed by atoms with E-state index in [2.05, 4.69) is 33.2 Å². The summed E-state index contributed by atoms with van der Waals surface area (Å²) in [6.45, 7) is 0. The average Bonchev–Trinajstić information content (AvgIpc) is 3.17. The highest BCUT2D eigenvalue weighted by atomic mass is 35.5. The van der Waals surface area contributed by atoms with Gasteiger partial charge in [0, 0.05) is 17.1 Å². The summed E-state index contributed by atoms with van der Waals surface area (Å²) >= 11 is 6.29. The van der Waals surface area contributed by atoms with Crippen LogP contribution in [-0.4, -0.2) is 19.9 Å². The summed E-state index contributed by atoms with van der Waals surface area (Å²) in [5.41, 5.74) is 3.83. The van der Waals surface area contributed by atoms with E-state index in [0.717, 1.165) is 38.4 Å². The molecule has 0 radical (unpaired) electrons. The van der Waals surface area contributed by atoms with Crippen LogP contribution >= 0.6 is 11.6 Å². The number of pyridine rings is 1. The number of nitrogens with zero attached hydrogens (tertiary/aromatic N) is 4. The molecule has 0 bridgehead atoms. The summed E-state index contributed by atoms with van der Waals surface area (Å²) < 4.78 is 6.08. The molecule has 30 heavy (non-hydrogen) atoms. The van der Waals surface area contributed by atoms with E-state index >= 15 is 0 Å². The fourth-order valence-electron chi connectivity index (χ4n) is 3.72. The first-order valence-electron chi connectivity index (χ1n) is 9.44. The van der Waals surface area contributed by atoms with Crippen LogP contribution in [0, 0.1) is 0 Å². The first kappa shape index (κ1) is 17.1. The number of rotatable bonds is 2. The number of hydrogen-bond acceptors (Lipinski definition) is 5. The van der Waals surface area contributed by atoms with Gasteiger partial charge in [-0.2, -0.15) is 9.97 Å². The van der Waals surface area contributed by atoms with Crippen molar-refractivity contribution in [3.63, 3.8) is 0 Å². The summed E-state index contributed by atoms with van der Waals surface area (Å²) in [4.78, 5) is 17.9. The van der Waals surface area contributed by atoms with Crippen molar-refractivity contribution in [3.8, 4) is 22.8 Å². The van der Waals surface area contributed by atoms with Crippen LogP contribution in [0.3, 0.4) is 0 Å². The molecule has 5 nitrogen and oxygen atoms in total. The molecule has 0 aliphatic rings. The quantitative estimate of drug-likeness (QED) is 0.336. The van der Waals surface area contributed by atoms with Crippen molar-refractivity contribution in [2.24, 2.45) is 0 Å². The first-order valence-corrected chi connectivity index (χ1v) is 9.81. The van der Waals surface area contributed by atoms with E-state index in [0.29, 0.717) is 17.2 Å². The third-order valence-corrected chi connectivity index (χ3v) is 5.28. The fourth-order valence-corrected chi connectivity index (χ4v) is 3.88. The molecule has 0 amide bonds. The average molecular weight is 409 g/mol. The van der Waals surface area contributed by atoms with Crippen LogP contribution in [0.4, 0.5) is 0 Å². The van der Waals surface area contributed by atoms with E-state index in [4.69, 9.17) is 21.0 Å². The number of fused-ring (bicyclic) bond motifs is 4. The maximum absolute atomic E-state index is 6.29. The van der Waals surface area contributed by atoms with Gasteiger partial charge in [-0.15, -0.1) is 0 Å². The van der Waals surface area contributed by atoms with E-state index < -0.39 is 0 Å². The molecule has 0 aliphatic carbocycles. The van der Waals surface area contributed by atoms with Gasteiger partial charge in [0.05, 0.1) is 5.56 Å². The Labute approximate surface area is 176 Å². The smallest absolute Gasteiger partial charge is 0.226 e. The van der Waals surface area contributed by atoms with Crippen LogP contribution in [0.5, 0.6) is 0 Å². The van der Waals surface area contributed by atoms with Gasteiger partial charge in [-0.05, 0) is 52.7 Å². The molecule has 6 aromatic rings. The maximum Gasteiger partial charge on any atom is 0.226 e. The topological polar surface area (TPSA) is 64.7 Å². The molecular formula is C24H13ClN4O. The van der Waals surface area contributed by atoms with Crippen molar-refractivity contribution < 1.29 is 4.42 Å². The lowest BCUT2D eigenvalue weighted by atomic mass is 10.1. The van der Waals surface area contributed by atoms with Gasteiger partial charge in [0.15, 0.2) is 17.2 Å². The Morgan fingerprint density at radius 3 is 2.53 bits per heavy atom. The standard InChI is InChI=1S/C24H13ClN4O/c25-24-28-22(16-11-10-14-5-1-2-6-15(14)13-16)27-23(29-24)18-8-3-7-17-20-19(30-21(17)18)9-4-12-26-20/h1-13H. The highest BCUT2D eigenvalue weighted by Crippen LogP contribution is 2.34. The van der Waals surface area contributed by atoms with Crippen molar-refractivity contribution in [2.45, 2.75) is 0 Å². The van der Waals surface area contributed by atoms with E-state index in [9.17, 15) is 0 Å². The summed E-state index contributed by atoms with van der Waals surface area (Å²) in [7, 11) is 0. The van der Waals surface area contributed by atoms with Crippen molar-refractivity contribution >= 4 is 44.4 Å². The summed E-state index contributed by atoms with van der Waals surface area (Å²) in [6.07, 6.45) is 1.75. The van der Waals surface area contributed by atoms with Gasteiger partial charge in [-0.1, -0.05) is 42.5 Å².